The van der Waals surface area contributed by atoms with Crippen molar-refractivity contribution in [2.45, 2.75) is 31.2 Å². The number of nitrogens with one attached hydrogen (secondary N) is 1. The summed E-state index contributed by atoms with van der Waals surface area (Å²) in [5.74, 6) is 0. The standard InChI is InChI=1S/C6H13NO3/c1-3-5(9)6(10)4(2-8)7-3/h3-10H,2H2,1H3/t3-,4-,5+,6+/m0/s1. The molecule has 0 amide bonds. The molecule has 1 rings (SSSR count). The van der Waals surface area contributed by atoms with Crippen molar-refractivity contribution in [1.29, 1.82) is 0 Å². The summed E-state index contributed by atoms with van der Waals surface area (Å²) in [7, 11) is 0. The molecule has 0 unspecified atom stereocenters. The molecule has 0 radical (unpaired) electrons. The molecule has 0 bridgehead atoms. The van der Waals surface area contributed by atoms with Crippen LogP contribution >= 0.6 is 0 Å². The van der Waals surface area contributed by atoms with Crippen molar-refractivity contribution in [2.24, 2.45) is 0 Å². The third-order valence-electron chi connectivity index (χ3n) is 1.95. The molecular formula is C6H13NO3. The largest absolute Gasteiger partial charge is 0.395 e. The van der Waals surface area contributed by atoms with Crippen molar-refractivity contribution in [3.63, 3.8) is 0 Å². The first kappa shape index (κ1) is 7.94. The Hall–Kier alpha value is -0.160. The van der Waals surface area contributed by atoms with Crippen molar-refractivity contribution >= 4 is 0 Å². The van der Waals surface area contributed by atoms with Gasteiger partial charge < -0.3 is 20.6 Å². The number of aliphatic hydroxyl groups is 3. The Balaban J connectivity index is 2.53. The zero-order valence-electron chi connectivity index (χ0n) is 5.86. The average molecular weight is 147 g/mol. The highest BCUT2D eigenvalue weighted by molar-refractivity contribution is 4.95. The minimum Gasteiger partial charge on any atom is -0.395 e. The maximum Gasteiger partial charge on any atom is 0.0989 e. The van der Waals surface area contributed by atoms with Gasteiger partial charge in [0.25, 0.3) is 0 Å². The van der Waals surface area contributed by atoms with E-state index in [-0.39, 0.29) is 18.7 Å². The number of hydrogen-bond acceptors (Lipinski definition) is 4. The van der Waals surface area contributed by atoms with Crippen molar-refractivity contribution in [1.82, 2.24) is 5.32 Å². The maximum atomic E-state index is 9.16. The normalized spacial score (nSPS) is 48.0. The maximum absolute atomic E-state index is 9.16. The van der Waals surface area contributed by atoms with Crippen molar-refractivity contribution in [2.75, 3.05) is 6.61 Å². The molecule has 60 valence electrons. The molecule has 1 aliphatic rings. The van der Waals surface area contributed by atoms with E-state index in [0.29, 0.717) is 0 Å². The van der Waals surface area contributed by atoms with Gasteiger partial charge in [-0.05, 0) is 6.92 Å². The van der Waals surface area contributed by atoms with Gasteiger partial charge in [-0.15, -0.1) is 0 Å². The van der Waals surface area contributed by atoms with Gasteiger partial charge in [-0.2, -0.15) is 0 Å². The summed E-state index contributed by atoms with van der Waals surface area (Å²) in [6.07, 6.45) is -1.59. The lowest BCUT2D eigenvalue weighted by Gasteiger charge is -2.11. The van der Waals surface area contributed by atoms with Crippen molar-refractivity contribution in [3.8, 4) is 0 Å². The van der Waals surface area contributed by atoms with Gasteiger partial charge in [-0.25, -0.2) is 0 Å². The van der Waals surface area contributed by atoms with Crippen LogP contribution in [0.3, 0.4) is 0 Å². The average Bonchev–Trinajstić information content (AvgIpc) is 2.17. The molecule has 1 heterocycles. The summed E-state index contributed by atoms with van der Waals surface area (Å²) >= 11 is 0. The molecule has 4 atom stereocenters. The molecule has 0 aliphatic carbocycles. The summed E-state index contributed by atoms with van der Waals surface area (Å²) in [4.78, 5) is 0. The van der Waals surface area contributed by atoms with Crippen molar-refractivity contribution < 1.29 is 15.3 Å². The third kappa shape index (κ3) is 1.15. The van der Waals surface area contributed by atoms with Gasteiger partial charge in [-0.1, -0.05) is 0 Å². The van der Waals surface area contributed by atoms with E-state index in [1.807, 2.05) is 0 Å². The lowest BCUT2D eigenvalue weighted by Crippen LogP contribution is -2.36. The molecular weight excluding hydrogens is 134 g/mol. The molecule has 0 aromatic carbocycles. The molecule has 0 aromatic rings. The van der Waals surface area contributed by atoms with Gasteiger partial charge >= 0.3 is 0 Å². The topological polar surface area (TPSA) is 72.7 Å². The van der Waals surface area contributed by atoms with E-state index in [0.717, 1.165) is 0 Å². The minimum absolute atomic E-state index is 0.132. The van der Waals surface area contributed by atoms with Crippen LogP contribution in [0.25, 0.3) is 0 Å². The second-order valence-corrected chi connectivity index (χ2v) is 2.73. The van der Waals surface area contributed by atoms with E-state index >= 15 is 0 Å². The van der Waals surface area contributed by atoms with Crippen LogP contribution < -0.4 is 5.32 Å². The quantitative estimate of drug-likeness (QED) is 0.348. The zero-order valence-corrected chi connectivity index (χ0v) is 5.86. The Morgan fingerprint density at radius 3 is 2.10 bits per heavy atom. The Bertz CT molecular complexity index is 120. The fourth-order valence-electron chi connectivity index (χ4n) is 1.23. The predicted octanol–water partition coefficient (Wildman–Crippen LogP) is -1.94. The lowest BCUT2D eigenvalue weighted by atomic mass is 10.1. The van der Waals surface area contributed by atoms with E-state index in [9.17, 15) is 0 Å². The van der Waals surface area contributed by atoms with E-state index in [1.54, 1.807) is 6.92 Å². The van der Waals surface area contributed by atoms with Crippen LogP contribution in [0.15, 0.2) is 0 Å². The van der Waals surface area contributed by atoms with Crippen LogP contribution in [0.2, 0.25) is 0 Å². The Morgan fingerprint density at radius 2 is 1.90 bits per heavy atom. The van der Waals surface area contributed by atoms with Crippen LogP contribution in [-0.2, 0) is 0 Å². The van der Waals surface area contributed by atoms with Gasteiger partial charge in [0.15, 0.2) is 0 Å². The lowest BCUT2D eigenvalue weighted by molar-refractivity contribution is 0.0214. The summed E-state index contributed by atoms with van der Waals surface area (Å²) in [6, 6.07) is -0.503. The second-order valence-electron chi connectivity index (χ2n) is 2.73. The number of rotatable bonds is 1. The second kappa shape index (κ2) is 2.84. The molecule has 1 aliphatic heterocycles. The smallest absolute Gasteiger partial charge is 0.0989 e. The first-order valence-corrected chi connectivity index (χ1v) is 3.40. The molecule has 4 N–H and O–H groups in total. The molecule has 0 aromatic heterocycles. The fraction of sp³-hybridized carbons (Fsp3) is 1.00. The van der Waals surface area contributed by atoms with Crippen LogP contribution in [0.5, 0.6) is 0 Å². The highest BCUT2D eigenvalue weighted by Gasteiger charge is 2.37. The molecule has 0 saturated carbocycles. The predicted molar refractivity (Wildman–Crippen MR) is 35.5 cm³/mol. The first-order valence-electron chi connectivity index (χ1n) is 3.40. The Labute approximate surface area is 59.5 Å². The molecule has 4 nitrogen and oxygen atoms in total. The molecule has 10 heavy (non-hydrogen) atoms. The van der Waals surface area contributed by atoms with Gasteiger partial charge in [0.1, 0.15) is 0 Å². The summed E-state index contributed by atoms with van der Waals surface area (Å²) in [5.41, 5.74) is 0. The molecule has 0 spiro atoms. The number of hydrogen-bond donors (Lipinski definition) is 4. The summed E-state index contributed by atoms with van der Waals surface area (Å²) in [5, 5.41) is 29.8. The van der Waals surface area contributed by atoms with Crippen molar-refractivity contribution in [3.05, 3.63) is 0 Å². The number of aliphatic hydroxyl groups excluding tert-OH is 3. The van der Waals surface area contributed by atoms with Gasteiger partial charge in [-0.3, -0.25) is 0 Å². The fourth-order valence-corrected chi connectivity index (χ4v) is 1.23. The Morgan fingerprint density at radius 1 is 1.30 bits per heavy atom. The summed E-state index contributed by atoms with van der Waals surface area (Å²) in [6.45, 7) is 1.63. The van der Waals surface area contributed by atoms with Crippen LogP contribution in [0, 0.1) is 0 Å². The minimum atomic E-state index is -0.833. The van der Waals surface area contributed by atoms with Gasteiger partial charge in [0.2, 0.25) is 0 Å². The third-order valence-corrected chi connectivity index (χ3v) is 1.95. The van der Waals surface area contributed by atoms with Crippen LogP contribution in [-0.4, -0.2) is 46.2 Å². The highest BCUT2D eigenvalue weighted by Crippen LogP contribution is 2.12. The van der Waals surface area contributed by atoms with E-state index < -0.39 is 12.2 Å². The molecule has 1 fully saturated rings. The van der Waals surface area contributed by atoms with E-state index in [2.05, 4.69) is 5.32 Å². The monoisotopic (exact) mass is 147 g/mol. The SMILES string of the molecule is C[C@@H]1N[C@@H](CO)[C@@H](O)[C@@H]1O. The van der Waals surface area contributed by atoms with E-state index in [1.165, 1.54) is 0 Å². The van der Waals surface area contributed by atoms with Crippen LogP contribution in [0.4, 0.5) is 0 Å². The summed E-state index contributed by atoms with van der Waals surface area (Å²) < 4.78 is 0. The van der Waals surface area contributed by atoms with Gasteiger partial charge in [0.05, 0.1) is 24.9 Å². The van der Waals surface area contributed by atoms with Gasteiger partial charge in [0, 0.05) is 6.04 Å². The first-order chi connectivity index (χ1) is 4.66. The highest BCUT2D eigenvalue weighted by atomic mass is 16.3. The molecule has 1 saturated heterocycles. The van der Waals surface area contributed by atoms with E-state index in [4.69, 9.17) is 15.3 Å². The Kier molecular flexibility index (Phi) is 2.25. The zero-order chi connectivity index (χ0) is 7.72. The molecule has 4 heteroatoms. The van der Waals surface area contributed by atoms with Crippen LogP contribution in [0.1, 0.15) is 6.92 Å².